The average Bonchev–Trinajstić information content (AvgIpc) is 3.43. The van der Waals surface area contributed by atoms with Crippen LogP contribution in [-0.2, 0) is 32.4 Å². The zero-order valence-corrected chi connectivity index (χ0v) is 20.0. The number of benzene rings is 1. The standard InChI is InChI=1S/C19H15Cl2F3N6O4S/c1-33-9-16-26-27-18(30(16)15-4-5-34-28-15)17-14(6-10(20)8-25-17)29-35(31,32)11-2-3-13(21)12(7-11)19(22,23)24/h2-3,6-8,29H,4-5,9H2,1H3. The highest BCUT2D eigenvalue weighted by Crippen LogP contribution is 2.37. The van der Waals surface area contributed by atoms with Crippen LogP contribution in [0, 0.1) is 0 Å². The van der Waals surface area contributed by atoms with E-state index in [0.717, 1.165) is 12.1 Å². The lowest BCUT2D eigenvalue weighted by atomic mass is 10.2. The number of nitrogens with zero attached hydrogens (tertiary/aromatic N) is 5. The molecule has 1 aliphatic rings. The fourth-order valence-electron chi connectivity index (χ4n) is 3.21. The van der Waals surface area contributed by atoms with Gasteiger partial charge in [0.25, 0.3) is 10.0 Å². The van der Waals surface area contributed by atoms with Crippen LogP contribution < -0.4 is 4.72 Å². The molecule has 1 N–H and O–H groups in total. The Balaban J connectivity index is 1.81. The minimum absolute atomic E-state index is 0.00700. The number of pyridine rings is 1. The van der Waals surface area contributed by atoms with Crippen LogP contribution in [0.15, 0.2) is 40.5 Å². The van der Waals surface area contributed by atoms with Gasteiger partial charge in [-0.3, -0.25) is 9.29 Å². The SMILES string of the molecule is COCc1nnc(-c2ncc(Cl)cc2NS(=O)(=O)c2ccc(Cl)c(C(F)(F)F)c2)n1C1=NOCC1. The molecular formula is C19H15Cl2F3N6O4S. The number of rotatable bonds is 6. The maximum absolute atomic E-state index is 13.3. The first kappa shape index (κ1) is 25.2. The second kappa shape index (κ2) is 9.60. The number of hydrogen-bond acceptors (Lipinski definition) is 8. The number of oxime groups is 1. The number of alkyl halides is 3. The van der Waals surface area contributed by atoms with Gasteiger partial charge in [0.1, 0.15) is 18.9 Å². The second-order valence-electron chi connectivity index (χ2n) is 7.09. The Labute approximate surface area is 206 Å². The number of halogens is 5. The summed E-state index contributed by atoms with van der Waals surface area (Å²) in [6, 6.07) is 3.47. The van der Waals surface area contributed by atoms with Crippen LogP contribution in [0.1, 0.15) is 17.8 Å². The van der Waals surface area contributed by atoms with Gasteiger partial charge in [-0.05, 0) is 24.3 Å². The van der Waals surface area contributed by atoms with E-state index < -0.39 is 31.7 Å². The molecule has 2 aromatic heterocycles. The van der Waals surface area contributed by atoms with Gasteiger partial charge in [0, 0.05) is 19.7 Å². The molecule has 1 aromatic carbocycles. The number of methoxy groups -OCH3 is 1. The topological polar surface area (TPSA) is 121 Å². The quantitative estimate of drug-likeness (QED) is 0.488. The molecule has 0 saturated heterocycles. The summed E-state index contributed by atoms with van der Waals surface area (Å²) in [5.74, 6) is 0.850. The van der Waals surface area contributed by atoms with E-state index in [9.17, 15) is 21.6 Å². The average molecular weight is 551 g/mol. The van der Waals surface area contributed by atoms with E-state index in [1.54, 1.807) is 0 Å². The Bertz CT molecular complexity index is 1410. The molecule has 186 valence electrons. The van der Waals surface area contributed by atoms with Crippen molar-refractivity contribution in [3.63, 3.8) is 0 Å². The highest BCUT2D eigenvalue weighted by Gasteiger charge is 2.35. The van der Waals surface area contributed by atoms with E-state index in [4.69, 9.17) is 32.8 Å². The molecule has 1 aliphatic heterocycles. The van der Waals surface area contributed by atoms with E-state index >= 15 is 0 Å². The van der Waals surface area contributed by atoms with Gasteiger partial charge in [-0.15, -0.1) is 10.2 Å². The summed E-state index contributed by atoms with van der Waals surface area (Å²) in [5.41, 5.74) is -1.46. The molecule has 0 atom stereocenters. The molecule has 10 nitrogen and oxygen atoms in total. The van der Waals surface area contributed by atoms with Gasteiger partial charge >= 0.3 is 6.18 Å². The van der Waals surface area contributed by atoms with Crippen LogP contribution in [0.5, 0.6) is 0 Å². The largest absolute Gasteiger partial charge is 0.417 e. The number of aromatic nitrogens is 4. The summed E-state index contributed by atoms with van der Waals surface area (Å²) in [5, 5.41) is 11.5. The molecule has 0 aliphatic carbocycles. The van der Waals surface area contributed by atoms with Gasteiger partial charge in [0.15, 0.2) is 17.5 Å². The molecular weight excluding hydrogens is 536 g/mol. The third kappa shape index (κ3) is 5.19. The maximum Gasteiger partial charge on any atom is 0.417 e. The normalized spacial score (nSPS) is 14.1. The molecule has 0 saturated carbocycles. The van der Waals surface area contributed by atoms with Gasteiger partial charge in [0.05, 0.1) is 26.2 Å². The van der Waals surface area contributed by atoms with Crippen molar-refractivity contribution in [1.29, 1.82) is 0 Å². The Morgan fingerprint density at radius 2 is 2.00 bits per heavy atom. The predicted octanol–water partition coefficient (Wildman–Crippen LogP) is 4.19. The lowest BCUT2D eigenvalue weighted by Crippen LogP contribution is -2.18. The summed E-state index contributed by atoms with van der Waals surface area (Å²) in [7, 11) is -3.09. The highest BCUT2D eigenvalue weighted by molar-refractivity contribution is 7.92. The smallest absolute Gasteiger partial charge is 0.394 e. The van der Waals surface area contributed by atoms with Crippen LogP contribution >= 0.6 is 23.2 Å². The van der Waals surface area contributed by atoms with E-state index in [2.05, 4.69) is 25.1 Å². The number of hydrogen-bond donors (Lipinski definition) is 1. The minimum Gasteiger partial charge on any atom is -0.394 e. The summed E-state index contributed by atoms with van der Waals surface area (Å²) < 4.78 is 74.7. The minimum atomic E-state index is -4.86. The number of nitrogens with one attached hydrogen (secondary N) is 1. The van der Waals surface area contributed by atoms with E-state index in [0.29, 0.717) is 30.8 Å². The second-order valence-corrected chi connectivity index (χ2v) is 9.62. The third-order valence-corrected chi connectivity index (χ3v) is 6.61. The lowest BCUT2D eigenvalue weighted by molar-refractivity contribution is -0.137. The van der Waals surface area contributed by atoms with Gasteiger partial charge in [-0.1, -0.05) is 28.4 Å². The predicted molar refractivity (Wildman–Crippen MR) is 120 cm³/mol. The zero-order valence-electron chi connectivity index (χ0n) is 17.7. The molecule has 4 rings (SSSR count). The van der Waals surface area contributed by atoms with Crippen molar-refractivity contribution in [2.75, 3.05) is 18.4 Å². The van der Waals surface area contributed by atoms with Crippen LogP contribution in [0.25, 0.3) is 11.5 Å². The van der Waals surface area contributed by atoms with Crippen molar-refractivity contribution in [2.24, 2.45) is 5.16 Å². The van der Waals surface area contributed by atoms with Crippen molar-refractivity contribution in [2.45, 2.75) is 24.1 Å². The van der Waals surface area contributed by atoms with E-state index in [1.807, 2.05) is 0 Å². The molecule has 0 unspecified atom stereocenters. The number of ether oxygens (including phenoxy) is 1. The first-order valence-corrected chi connectivity index (χ1v) is 11.9. The summed E-state index contributed by atoms with van der Waals surface area (Å²) in [6.45, 7) is 0.358. The Morgan fingerprint density at radius 1 is 1.23 bits per heavy atom. The number of sulfonamides is 1. The van der Waals surface area contributed by atoms with Crippen LogP contribution in [0.2, 0.25) is 10.0 Å². The third-order valence-electron chi connectivity index (χ3n) is 4.71. The van der Waals surface area contributed by atoms with Gasteiger partial charge in [-0.2, -0.15) is 13.2 Å². The van der Waals surface area contributed by atoms with E-state index in [-0.39, 0.29) is 28.8 Å². The van der Waals surface area contributed by atoms with Crippen molar-refractivity contribution in [3.05, 3.63) is 51.9 Å². The fourth-order valence-corrected chi connectivity index (χ4v) is 4.67. The van der Waals surface area contributed by atoms with Gasteiger partial charge in [0.2, 0.25) is 0 Å². The Morgan fingerprint density at radius 3 is 2.66 bits per heavy atom. The van der Waals surface area contributed by atoms with Crippen molar-refractivity contribution < 1.29 is 31.2 Å². The number of anilines is 1. The Hall–Kier alpha value is -2.94. The summed E-state index contributed by atoms with van der Waals surface area (Å²) in [4.78, 5) is 8.57. The molecule has 0 bridgehead atoms. The maximum atomic E-state index is 13.3. The van der Waals surface area contributed by atoms with Gasteiger partial charge < -0.3 is 9.57 Å². The van der Waals surface area contributed by atoms with Crippen molar-refractivity contribution in [3.8, 4) is 11.5 Å². The van der Waals surface area contributed by atoms with Crippen molar-refractivity contribution >= 4 is 44.7 Å². The van der Waals surface area contributed by atoms with Gasteiger partial charge in [-0.25, -0.2) is 13.4 Å². The van der Waals surface area contributed by atoms with Crippen molar-refractivity contribution in [1.82, 2.24) is 19.7 Å². The monoisotopic (exact) mass is 550 g/mol. The molecule has 0 amide bonds. The molecule has 35 heavy (non-hydrogen) atoms. The zero-order chi connectivity index (χ0) is 25.4. The Kier molecular flexibility index (Phi) is 6.90. The van der Waals surface area contributed by atoms with Crippen LogP contribution in [-0.4, -0.2) is 47.7 Å². The summed E-state index contributed by atoms with van der Waals surface area (Å²) in [6.07, 6.45) is -3.20. The van der Waals surface area contributed by atoms with Crippen LogP contribution in [0.4, 0.5) is 18.9 Å². The first-order chi connectivity index (χ1) is 16.5. The molecule has 3 aromatic rings. The molecule has 16 heteroatoms. The molecule has 0 fully saturated rings. The lowest BCUT2D eigenvalue weighted by Gasteiger charge is -2.15. The highest BCUT2D eigenvalue weighted by atomic mass is 35.5. The van der Waals surface area contributed by atoms with Crippen LogP contribution in [0.3, 0.4) is 0 Å². The van der Waals surface area contributed by atoms with E-state index in [1.165, 1.54) is 23.9 Å². The molecule has 0 radical (unpaired) electrons. The molecule has 3 heterocycles. The fraction of sp³-hybridized carbons (Fsp3) is 0.263. The summed E-state index contributed by atoms with van der Waals surface area (Å²) >= 11 is 11.6. The first-order valence-electron chi connectivity index (χ1n) is 9.69. The molecule has 0 spiro atoms.